The molecule has 0 unspecified atom stereocenters. The Kier molecular flexibility index (Phi) is 10.3. The number of carbonyl (C=O) groups is 2. The third kappa shape index (κ3) is 6.86. The number of aliphatic hydroxyl groups is 5. The highest BCUT2D eigenvalue weighted by atomic mass is 16.8. The highest BCUT2D eigenvalue weighted by molar-refractivity contribution is 5.90. The van der Waals surface area contributed by atoms with Gasteiger partial charge in [0, 0.05) is 11.5 Å². The van der Waals surface area contributed by atoms with Gasteiger partial charge >= 0.3 is 11.9 Å². The van der Waals surface area contributed by atoms with Crippen LogP contribution in [0, 0.1) is 5.92 Å². The number of aliphatic hydroxyl groups excluding tert-OH is 5. The average molecular weight is 557 g/mol. The van der Waals surface area contributed by atoms with Gasteiger partial charge < -0.3 is 59.4 Å². The number of aromatic hydroxyl groups is 2. The third-order valence-electron chi connectivity index (χ3n) is 6.39. The van der Waals surface area contributed by atoms with Crippen molar-refractivity contribution in [3.63, 3.8) is 0 Å². The normalized spacial score (nSPS) is 30.7. The highest BCUT2D eigenvalue weighted by Crippen LogP contribution is 2.36. The van der Waals surface area contributed by atoms with Crippen LogP contribution in [-0.4, -0.2) is 105 Å². The molecule has 0 amide bonds. The number of benzene rings is 1. The molecule has 0 spiro atoms. The van der Waals surface area contributed by atoms with E-state index in [1.54, 1.807) is 6.92 Å². The summed E-state index contributed by atoms with van der Waals surface area (Å²) in [6, 6.07) is 3.62. The maximum Gasteiger partial charge on any atom is 0.337 e. The Bertz CT molecular complexity index is 1080. The minimum absolute atomic E-state index is 0.0554. The van der Waals surface area contributed by atoms with Crippen LogP contribution >= 0.6 is 0 Å². The topological polar surface area (TPSA) is 222 Å². The van der Waals surface area contributed by atoms with Gasteiger partial charge in [0.1, 0.15) is 37.1 Å². The molecule has 8 atom stereocenters. The fourth-order valence-electron chi connectivity index (χ4n) is 4.17. The molecule has 7 N–H and O–H groups in total. The number of hydrogen-bond donors (Lipinski definition) is 7. The summed E-state index contributed by atoms with van der Waals surface area (Å²) in [7, 11) is 1.13. The number of rotatable bonds is 9. The van der Waals surface area contributed by atoms with Crippen LogP contribution in [-0.2, 0) is 33.3 Å². The number of phenolic OH excluding ortho intramolecular Hbond substituents is 2. The highest BCUT2D eigenvalue weighted by Gasteiger charge is 2.46. The fraction of sp³-hybridized carbons (Fsp3) is 0.520. The first-order chi connectivity index (χ1) is 18.5. The molecule has 216 valence electrons. The van der Waals surface area contributed by atoms with E-state index in [1.807, 2.05) is 0 Å². The Hall–Kier alpha value is -3.24. The number of carbonyl (C=O) groups excluding carboxylic acids is 2. The number of hydrogen-bond acceptors (Lipinski definition) is 14. The van der Waals surface area contributed by atoms with Gasteiger partial charge in [-0.15, -0.1) is 0 Å². The van der Waals surface area contributed by atoms with Crippen molar-refractivity contribution in [1.29, 1.82) is 0 Å². The molecule has 1 saturated heterocycles. The first-order valence-electron chi connectivity index (χ1n) is 11.9. The molecule has 14 nitrogen and oxygen atoms in total. The lowest BCUT2D eigenvalue weighted by Gasteiger charge is -2.41. The van der Waals surface area contributed by atoms with Crippen LogP contribution in [0.1, 0.15) is 25.0 Å². The predicted octanol–water partition coefficient (Wildman–Crippen LogP) is -1.14. The van der Waals surface area contributed by atoms with Gasteiger partial charge in [-0.1, -0.05) is 12.1 Å². The molecule has 0 bridgehead atoms. The quantitative estimate of drug-likeness (QED) is 0.109. The zero-order valence-corrected chi connectivity index (χ0v) is 21.1. The fourth-order valence-corrected chi connectivity index (χ4v) is 4.17. The Balaban J connectivity index is 1.74. The van der Waals surface area contributed by atoms with E-state index in [-0.39, 0.29) is 22.5 Å². The zero-order valence-electron chi connectivity index (χ0n) is 21.1. The summed E-state index contributed by atoms with van der Waals surface area (Å²) in [5, 5.41) is 69.1. The van der Waals surface area contributed by atoms with Crippen molar-refractivity contribution < 1.29 is 69.0 Å². The van der Waals surface area contributed by atoms with Crippen molar-refractivity contribution in [2.45, 2.75) is 56.4 Å². The van der Waals surface area contributed by atoms with Crippen LogP contribution in [0.25, 0.3) is 0 Å². The number of ether oxygens (including phenoxy) is 5. The molecule has 1 aromatic carbocycles. The van der Waals surface area contributed by atoms with Crippen molar-refractivity contribution in [2.75, 3.05) is 20.3 Å². The summed E-state index contributed by atoms with van der Waals surface area (Å²) in [5.74, 6) is -3.48. The minimum atomic E-state index is -1.72. The van der Waals surface area contributed by atoms with Crippen LogP contribution < -0.4 is 0 Å². The summed E-state index contributed by atoms with van der Waals surface area (Å²) in [5.41, 5.74) is 0.359. The molecule has 0 saturated carbocycles. The number of esters is 2. The van der Waals surface area contributed by atoms with E-state index in [0.717, 1.165) is 19.4 Å². The van der Waals surface area contributed by atoms with E-state index in [0.29, 0.717) is 0 Å². The second kappa shape index (κ2) is 13.2. The lowest BCUT2D eigenvalue weighted by atomic mass is 9.86. The molecule has 39 heavy (non-hydrogen) atoms. The molecule has 1 fully saturated rings. The van der Waals surface area contributed by atoms with Crippen LogP contribution in [0.5, 0.6) is 11.5 Å². The van der Waals surface area contributed by atoms with E-state index in [9.17, 15) is 45.3 Å². The number of methoxy groups -OCH3 is 1. The second-order valence-electron chi connectivity index (χ2n) is 8.86. The Morgan fingerprint density at radius 3 is 2.44 bits per heavy atom. The molecular formula is C25H32O14. The van der Waals surface area contributed by atoms with E-state index < -0.39 is 86.3 Å². The van der Waals surface area contributed by atoms with Crippen LogP contribution in [0.4, 0.5) is 0 Å². The average Bonchev–Trinajstić information content (AvgIpc) is 2.93. The molecule has 14 heteroatoms. The molecule has 2 heterocycles. The maximum atomic E-state index is 12.7. The lowest BCUT2D eigenvalue weighted by molar-refractivity contribution is -0.327. The summed E-state index contributed by atoms with van der Waals surface area (Å²) in [6.07, 6.45) is -8.39. The minimum Gasteiger partial charge on any atom is -0.504 e. The van der Waals surface area contributed by atoms with Crippen LogP contribution in [0.15, 0.2) is 41.7 Å². The summed E-state index contributed by atoms with van der Waals surface area (Å²) in [6.45, 7) is 0.394. The van der Waals surface area contributed by atoms with Gasteiger partial charge in [-0.3, -0.25) is 4.79 Å². The van der Waals surface area contributed by atoms with Crippen molar-refractivity contribution >= 4 is 11.9 Å². The van der Waals surface area contributed by atoms with Gasteiger partial charge in [-0.2, -0.15) is 0 Å². The van der Waals surface area contributed by atoms with Gasteiger partial charge in [0.2, 0.25) is 6.29 Å². The summed E-state index contributed by atoms with van der Waals surface area (Å²) >= 11 is 0. The van der Waals surface area contributed by atoms with E-state index in [2.05, 4.69) is 0 Å². The first-order valence-corrected chi connectivity index (χ1v) is 11.9. The van der Waals surface area contributed by atoms with Crippen LogP contribution in [0.3, 0.4) is 0 Å². The molecular weight excluding hydrogens is 524 g/mol. The molecule has 0 aromatic heterocycles. The maximum absolute atomic E-state index is 12.7. The molecule has 2 aliphatic rings. The second-order valence-corrected chi connectivity index (χ2v) is 8.86. The standard InChI is InChI=1S/C25H32O14/c1-3-12-13(7-19(30)36-10-17(29)11-4-5-15(27)16(28)6-11)14(23(34)35-2)9-37-24(12)39-25-22(33)21(32)20(31)18(8-26)38-25/h3-6,9,13,17-18,20-22,24-29,31-33H,7-8,10H2,1-2H3/b12-3+/t13-,17+,18+,20+,21-,22+,24-,25-/m0/s1. The van der Waals surface area contributed by atoms with E-state index in [4.69, 9.17) is 23.7 Å². The van der Waals surface area contributed by atoms with Crippen molar-refractivity contribution in [1.82, 2.24) is 0 Å². The van der Waals surface area contributed by atoms with Crippen molar-refractivity contribution in [3.05, 3.63) is 47.2 Å². The van der Waals surface area contributed by atoms with Crippen molar-refractivity contribution in [3.8, 4) is 11.5 Å². The van der Waals surface area contributed by atoms with E-state index in [1.165, 1.54) is 18.2 Å². The summed E-state index contributed by atoms with van der Waals surface area (Å²) < 4.78 is 26.5. The molecule has 1 aromatic rings. The Labute approximate surface area is 222 Å². The monoisotopic (exact) mass is 556 g/mol. The number of allylic oxidation sites excluding steroid dienone is 1. The van der Waals surface area contributed by atoms with Gasteiger partial charge in [0.25, 0.3) is 0 Å². The summed E-state index contributed by atoms with van der Waals surface area (Å²) in [4.78, 5) is 25.1. The molecule has 0 radical (unpaired) electrons. The molecule has 0 aliphatic carbocycles. The van der Waals surface area contributed by atoms with Gasteiger partial charge in [0.05, 0.1) is 32.0 Å². The Morgan fingerprint density at radius 1 is 1.10 bits per heavy atom. The lowest BCUT2D eigenvalue weighted by Crippen LogP contribution is -2.60. The van der Waals surface area contributed by atoms with Gasteiger partial charge in [-0.05, 0) is 24.6 Å². The molecule has 3 rings (SSSR count). The predicted molar refractivity (Wildman–Crippen MR) is 127 cm³/mol. The SMILES string of the molecule is C/C=C1/[C@H](O[C@@H]2O[C@H](CO)[C@@H](O)[C@H](O)[C@H]2O)OC=C(C(=O)OC)[C@H]1CC(=O)OC[C@@H](O)c1ccc(O)c(O)c1. The first kappa shape index (κ1) is 30.3. The van der Waals surface area contributed by atoms with Crippen molar-refractivity contribution in [2.24, 2.45) is 5.92 Å². The molecule has 2 aliphatic heterocycles. The smallest absolute Gasteiger partial charge is 0.337 e. The zero-order chi connectivity index (χ0) is 28.9. The van der Waals surface area contributed by atoms with E-state index >= 15 is 0 Å². The van der Waals surface area contributed by atoms with Crippen LogP contribution in [0.2, 0.25) is 0 Å². The number of phenols is 2. The van der Waals surface area contributed by atoms with Gasteiger partial charge in [0.15, 0.2) is 17.8 Å². The third-order valence-corrected chi connectivity index (χ3v) is 6.39. The van der Waals surface area contributed by atoms with Gasteiger partial charge in [-0.25, -0.2) is 4.79 Å². The largest absolute Gasteiger partial charge is 0.504 e. The Morgan fingerprint density at radius 2 is 1.82 bits per heavy atom.